The number of amides is 1. The van der Waals surface area contributed by atoms with Gasteiger partial charge < -0.3 is 19.8 Å². The van der Waals surface area contributed by atoms with Crippen LogP contribution in [0.2, 0.25) is 0 Å². The molecule has 0 aliphatic rings. The summed E-state index contributed by atoms with van der Waals surface area (Å²) >= 11 is 0. The van der Waals surface area contributed by atoms with Crippen molar-refractivity contribution in [3.05, 3.63) is 95.4 Å². The third kappa shape index (κ3) is 4.10. The maximum atomic E-state index is 13.2. The van der Waals surface area contributed by atoms with Crippen LogP contribution in [0.5, 0.6) is 11.5 Å². The Balaban J connectivity index is 1.73. The summed E-state index contributed by atoms with van der Waals surface area (Å²) in [6.07, 6.45) is 1.96. The van der Waals surface area contributed by atoms with Crippen LogP contribution in [0.25, 0.3) is 10.9 Å². The SMILES string of the molecule is COc1cccc(C(CNC(=O)c2ccc(F)cc2)c2c[nH]c3ccccc23)c1OC. The lowest BCUT2D eigenvalue weighted by Gasteiger charge is -2.22. The Morgan fingerprint density at radius 1 is 0.968 bits per heavy atom. The lowest BCUT2D eigenvalue weighted by atomic mass is 9.89. The molecule has 158 valence electrons. The van der Waals surface area contributed by atoms with Crippen LogP contribution in [-0.2, 0) is 0 Å². The van der Waals surface area contributed by atoms with Crippen LogP contribution < -0.4 is 14.8 Å². The van der Waals surface area contributed by atoms with Gasteiger partial charge in [0.05, 0.1) is 14.2 Å². The fourth-order valence-corrected chi connectivity index (χ4v) is 3.85. The zero-order chi connectivity index (χ0) is 21.8. The molecule has 1 aromatic heterocycles. The highest BCUT2D eigenvalue weighted by atomic mass is 19.1. The first-order chi connectivity index (χ1) is 15.1. The monoisotopic (exact) mass is 418 g/mol. The molecule has 0 aliphatic carbocycles. The first-order valence-electron chi connectivity index (χ1n) is 9.93. The van der Waals surface area contributed by atoms with Crippen molar-refractivity contribution in [2.24, 2.45) is 0 Å². The summed E-state index contributed by atoms with van der Waals surface area (Å²) in [6.45, 7) is 0.321. The molecule has 3 aromatic carbocycles. The molecule has 4 aromatic rings. The molecule has 0 saturated heterocycles. The molecule has 4 rings (SSSR count). The van der Waals surface area contributed by atoms with Crippen LogP contribution in [-0.4, -0.2) is 31.7 Å². The first-order valence-corrected chi connectivity index (χ1v) is 9.93. The van der Waals surface area contributed by atoms with Crippen molar-refractivity contribution in [1.82, 2.24) is 10.3 Å². The fraction of sp³-hybridized carbons (Fsp3) is 0.160. The van der Waals surface area contributed by atoms with Crippen LogP contribution in [0.1, 0.15) is 27.4 Å². The van der Waals surface area contributed by atoms with Crippen molar-refractivity contribution in [1.29, 1.82) is 0 Å². The third-order valence-electron chi connectivity index (χ3n) is 5.38. The quantitative estimate of drug-likeness (QED) is 0.449. The van der Waals surface area contributed by atoms with E-state index in [1.807, 2.05) is 48.7 Å². The fourth-order valence-electron chi connectivity index (χ4n) is 3.85. The van der Waals surface area contributed by atoms with Crippen LogP contribution in [0.3, 0.4) is 0 Å². The normalized spacial score (nSPS) is 11.8. The Kier molecular flexibility index (Phi) is 5.89. The summed E-state index contributed by atoms with van der Waals surface area (Å²) in [6, 6.07) is 19.2. The van der Waals surface area contributed by atoms with E-state index in [2.05, 4.69) is 10.3 Å². The molecule has 0 aliphatic heterocycles. The molecular formula is C25H23FN2O3. The third-order valence-corrected chi connectivity index (χ3v) is 5.38. The summed E-state index contributed by atoms with van der Waals surface area (Å²) in [7, 11) is 3.20. The summed E-state index contributed by atoms with van der Waals surface area (Å²) in [5, 5.41) is 4.05. The van der Waals surface area contributed by atoms with Gasteiger partial charge in [0, 0.05) is 40.7 Å². The molecule has 1 amide bonds. The first kappa shape index (κ1) is 20.5. The topological polar surface area (TPSA) is 63.3 Å². The number of methoxy groups -OCH3 is 2. The molecule has 2 N–H and O–H groups in total. The van der Waals surface area contributed by atoms with Crippen LogP contribution in [0.4, 0.5) is 4.39 Å². The minimum Gasteiger partial charge on any atom is -0.493 e. The van der Waals surface area contributed by atoms with Crippen molar-refractivity contribution in [2.75, 3.05) is 20.8 Å². The molecule has 31 heavy (non-hydrogen) atoms. The van der Waals surface area contributed by atoms with Crippen molar-refractivity contribution in [3.8, 4) is 11.5 Å². The van der Waals surface area contributed by atoms with Gasteiger partial charge in [-0.1, -0.05) is 30.3 Å². The zero-order valence-electron chi connectivity index (χ0n) is 17.3. The van der Waals surface area contributed by atoms with Gasteiger partial charge in [-0.3, -0.25) is 4.79 Å². The predicted octanol–water partition coefficient (Wildman–Crippen LogP) is 4.89. The summed E-state index contributed by atoms with van der Waals surface area (Å²) in [4.78, 5) is 16.0. The average Bonchev–Trinajstić information content (AvgIpc) is 3.23. The van der Waals surface area contributed by atoms with E-state index in [9.17, 15) is 9.18 Å². The number of hydrogen-bond acceptors (Lipinski definition) is 3. The minimum absolute atomic E-state index is 0.203. The van der Waals surface area contributed by atoms with Gasteiger partial charge in [-0.2, -0.15) is 0 Å². The zero-order valence-corrected chi connectivity index (χ0v) is 17.3. The molecule has 1 heterocycles. The lowest BCUT2D eigenvalue weighted by molar-refractivity contribution is 0.0952. The summed E-state index contributed by atoms with van der Waals surface area (Å²) in [5.41, 5.74) is 3.33. The highest BCUT2D eigenvalue weighted by molar-refractivity contribution is 5.94. The Bertz CT molecular complexity index is 1200. The largest absolute Gasteiger partial charge is 0.493 e. The number of nitrogens with one attached hydrogen (secondary N) is 2. The minimum atomic E-state index is -0.380. The standard InChI is InChI=1S/C25H23FN2O3/c1-30-23-9-5-7-19(24(23)31-2)21(20-14-27-22-8-4-3-6-18(20)22)15-28-25(29)16-10-12-17(26)13-11-16/h3-14,21,27H,15H2,1-2H3,(H,28,29). The number of H-pyrrole nitrogens is 1. The highest BCUT2D eigenvalue weighted by Gasteiger charge is 2.24. The number of carbonyl (C=O) groups is 1. The summed E-state index contributed by atoms with van der Waals surface area (Å²) in [5.74, 6) is 0.387. The predicted molar refractivity (Wildman–Crippen MR) is 118 cm³/mol. The van der Waals surface area contributed by atoms with Crippen LogP contribution in [0.15, 0.2) is 72.9 Å². The Labute approximate surface area is 179 Å². The van der Waals surface area contributed by atoms with E-state index in [1.165, 1.54) is 24.3 Å². The highest BCUT2D eigenvalue weighted by Crippen LogP contribution is 2.40. The molecular weight excluding hydrogens is 395 g/mol. The summed E-state index contributed by atoms with van der Waals surface area (Å²) < 4.78 is 24.4. The number of rotatable bonds is 7. The smallest absolute Gasteiger partial charge is 0.251 e. The molecule has 0 saturated carbocycles. The second kappa shape index (κ2) is 8.92. The Morgan fingerprint density at radius 3 is 2.48 bits per heavy atom. The number of carbonyl (C=O) groups excluding carboxylic acids is 1. The van der Waals surface area contributed by atoms with Gasteiger partial charge in [-0.25, -0.2) is 4.39 Å². The van der Waals surface area contributed by atoms with Gasteiger partial charge >= 0.3 is 0 Å². The van der Waals surface area contributed by atoms with Crippen LogP contribution >= 0.6 is 0 Å². The number of aromatic amines is 1. The molecule has 0 spiro atoms. The van der Waals surface area contributed by atoms with Crippen molar-refractivity contribution < 1.29 is 18.7 Å². The van der Waals surface area contributed by atoms with E-state index < -0.39 is 0 Å². The maximum absolute atomic E-state index is 13.2. The van der Waals surface area contributed by atoms with Gasteiger partial charge in [0.2, 0.25) is 0 Å². The van der Waals surface area contributed by atoms with Crippen LogP contribution in [0, 0.1) is 5.82 Å². The number of aromatic nitrogens is 1. The second-order valence-electron chi connectivity index (χ2n) is 7.14. The molecule has 0 bridgehead atoms. The van der Waals surface area contributed by atoms with E-state index in [0.717, 1.165) is 22.0 Å². The lowest BCUT2D eigenvalue weighted by Crippen LogP contribution is -2.29. The molecule has 5 nitrogen and oxygen atoms in total. The number of para-hydroxylation sites is 2. The van der Waals surface area contributed by atoms with Gasteiger partial charge in [0.25, 0.3) is 5.91 Å². The van der Waals surface area contributed by atoms with E-state index in [4.69, 9.17) is 9.47 Å². The number of benzene rings is 3. The van der Waals surface area contributed by atoms with Crippen molar-refractivity contribution in [2.45, 2.75) is 5.92 Å². The molecule has 0 fully saturated rings. The van der Waals surface area contributed by atoms with Crippen molar-refractivity contribution >= 4 is 16.8 Å². The number of ether oxygens (including phenoxy) is 2. The van der Waals surface area contributed by atoms with Gasteiger partial charge in [0.1, 0.15) is 5.82 Å². The van der Waals surface area contributed by atoms with E-state index >= 15 is 0 Å². The Morgan fingerprint density at radius 2 is 1.74 bits per heavy atom. The average molecular weight is 418 g/mol. The van der Waals surface area contributed by atoms with E-state index in [1.54, 1.807) is 14.2 Å². The van der Waals surface area contributed by atoms with E-state index in [-0.39, 0.29) is 17.6 Å². The number of halogens is 1. The Hall–Kier alpha value is -3.80. The number of hydrogen-bond donors (Lipinski definition) is 2. The number of fused-ring (bicyclic) bond motifs is 1. The van der Waals surface area contributed by atoms with Gasteiger partial charge in [0.15, 0.2) is 11.5 Å². The molecule has 1 unspecified atom stereocenters. The maximum Gasteiger partial charge on any atom is 0.251 e. The van der Waals surface area contributed by atoms with Crippen molar-refractivity contribution in [3.63, 3.8) is 0 Å². The van der Waals surface area contributed by atoms with Gasteiger partial charge in [-0.15, -0.1) is 0 Å². The molecule has 1 atom stereocenters. The molecule has 6 heteroatoms. The van der Waals surface area contributed by atoms with Gasteiger partial charge in [-0.05, 0) is 42.0 Å². The molecule has 0 radical (unpaired) electrons. The van der Waals surface area contributed by atoms with E-state index in [0.29, 0.717) is 23.6 Å². The second-order valence-corrected chi connectivity index (χ2v) is 7.14.